The molecule has 0 aliphatic heterocycles. The summed E-state index contributed by atoms with van der Waals surface area (Å²) < 4.78 is 7.21. The van der Waals surface area contributed by atoms with E-state index in [1.807, 2.05) is 62.7 Å². The molecule has 0 radical (unpaired) electrons. The fraction of sp³-hybridized carbons (Fsp3) is 0.273. The van der Waals surface area contributed by atoms with Crippen LogP contribution < -0.4 is 0 Å². The van der Waals surface area contributed by atoms with E-state index >= 15 is 0 Å². The topological polar surface area (TPSA) is 51.3 Å². The zero-order chi connectivity index (χ0) is 19.6. The quantitative estimate of drug-likeness (QED) is 0.633. The molecule has 5 nitrogen and oxygen atoms in total. The van der Waals surface area contributed by atoms with E-state index in [4.69, 9.17) is 4.52 Å². The molecule has 2 heterocycles. The van der Waals surface area contributed by atoms with Gasteiger partial charge in [-0.05, 0) is 56.5 Å². The van der Waals surface area contributed by atoms with Crippen molar-refractivity contribution < 1.29 is 9.32 Å². The smallest absolute Gasteiger partial charge is 0.246 e. The third-order valence-corrected chi connectivity index (χ3v) is 4.77. The summed E-state index contributed by atoms with van der Waals surface area (Å²) in [6.07, 6.45) is 3.49. The van der Waals surface area contributed by atoms with Crippen LogP contribution in [-0.4, -0.2) is 27.6 Å². The van der Waals surface area contributed by atoms with E-state index in [0.29, 0.717) is 6.54 Å². The summed E-state index contributed by atoms with van der Waals surface area (Å²) in [4.78, 5) is 14.2. The minimum atomic E-state index is -0.0275. The average Bonchev–Trinajstić information content (AvgIpc) is 3.17. The number of rotatable bonds is 5. The maximum Gasteiger partial charge on any atom is 0.246 e. The van der Waals surface area contributed by atoms with Gasteiger partial charge in [-0.25, -0.2) is 0 Å². The second-order valence-corrected chi connectivity index (χ2v) is 6.91. The highest BCUT2D eigenvalue weighted by molar-refractivity contribution is 5.91. The summed E-state index contributed by atoms with van der Waals surface area (Å²) in [6.45, 7) is 8.55. The first-order valence-corrected chi connectivity index (χ1v) is 8.97. The maximum atomic E-state index is 12.5. The first-order chi connectivity index (χ1) is 12.9. The Morgan fingerprint density at radius 2 is 1.93 bits per heavy atom. The summed E-state index contributed by atoms with van der Waals surface area (Å²) in [5.74, 6) is 1.49. The van der Waals surface area contributed by atoms with Gasteiger partial charge in [0.05, 0.1) is 0 Å². The Labute approximate surface area is 159 Å². The van der Waals surface area contributed by atoms with E-state index in [1.165, 1.54) is 5.56 Å². The number of carbonyl (C=O) groups is 1. The van der Waals surface area contributed by atoms with Gasteiger partial charge in [-0.3, -0.25) is 9.36 Å². The predicted octanol–water partition coefficient (Wildman–Crippen LogP) is 4.37. The molecular formula is C22H25N3O2. The van der Waals surface area contributed by atoms with Gasteiger partial charge in [0, 0.05) is 37.1 Å². The Kier molecular flexibility index (Phi) is 5.31. The number of amides is 1. The van der Waals surface area contributed by atoms with Crippen molar-refractivity contribution in [3.05, 3.63) is 76.3 Å². The number of carbonyl (C=O) groups excluding carboxylic acids is 1. The number of benzene rings is 1. The van der Waals surface area contributed by atoms with Crippen molar-refractivity contribution in [2.75, 3.05) is 7.05 Å². The number of nitrogens with zero attached hydrogens (tertiary/aromatic N) is 3. The van der Waals surface area contributed by atoms with Crippen molar-refractivity contribution in [1.82, 2.24) is 14.6 Å². The summed E-state index contributed by atoms with van der Waals surface area (Å²) in [5.41, 5.74) is 5.40. The molecule has 0 N–H and O–H groups in total. The minimum Gasteiger partial charge on any atom is -0.360 e. The Bertz CT molecular complexity index is 995. The first-order valence-electron chi connectivity index (χ1n) is 8.97. The van der Waals surface area contributed by atoms with Crippen LogP contribution in [0.15, 0.2) is 47.0 Å². The van der Waals surface area contributed by atoms with E-state index in [9.17, 15) is 4.79 Å². The lowest BCUT2D eigenvalue weighted by atomic mass is 10.1. The summed E-state index contributed by atoms with van der Waals surface area (Å²) in [6, 6.07) is 12.1. The van der Waals surface area contributed by atoms with E-state index in [-0.39, 0.29) is 5.91 Å². The number of likely N-dealkylation sites (N-methyl/N-ethyl adjacent to an activating group) is 1. The molecule has 1 amide bonds. The number of aromatic nitrogens is 2. The van der Waals surface area contributed by atoms with Crippen molar-refractivity contribution in [1.29, 1.82) is 0 Å². The van der Waals surface area contributed by atoms with Gasteiger partial charge in [-0.2, -0.15) is 0 Å². The lowest BCUT2D eigenvalue weighted by Crippen LogP contribution is -2.24. The van der Waals surface area contributed by atoms with Crippen LogP contribution in [0.5, 0.6) is 0 Å². The highest BCUT2D eigenvalue weighted by Crippen LogP contribution is 2.21. The molecule has 1 aromatic carbocycles. The van der Waals surface area contributed by atoms with Crippen LogP contribution in [0.2, 0.25) is 0 Å². The van der Waals surface area contributed by atoms with Crippen LogP contribution in [0.1, 0.15) is 33.8 Å². The van der Waals surface area contributed by atoms with Crippen molar-refractivity contribution in [3.8, 4) is 5.82 Å². The molecular weight excluding hydrogens is 338 g/mol. The van der Waals surface area contributed by atoms with Gasteiger partial charge in [0.25, 0.3) is 0 Å². The first kappa shape index (κ1) is 18.7. The van der Waals surface area contributed by atoms with Gasteiger partial charge in [0.15, 0.2) is 5.82 Å². The maximum absolute atomic E-state index is 12.5. The summed E-state index contributed by atoms with van der Waals surface area (Å²) >= 11 is 0. The zero-order valence-corrected chi connectivity index (χ0v) is 16.5. The molecule has 3 rings (SSSR count). The highest BCUT2D eigenvalue weighted by Gasteiger charge is 2.13. The van der Waals surface area contributed by atoms with Crippen molar-refractivity contribution >= 4 is 12.0 Å². The molecule has 5 heteroatoms. The molecule has 0 bridgehead atoms. The number of aryl methyl sites for hydroxylation is 3. The third-order valence-electron chi connectivity index (χ3n) is 4.77. The number of hydrogen-bond donors (Lipinski definition) is 0. The van der Waals surface area contributed by atoms with Gasteiger partial charge in [0.2, 0.25) is 5.91 Å². The zero-order valence-electron chi connectivity index (χ0n) is 16.5. The second-order valence-electron chi connectivity index (χ2n) is 6.91. The molecule has 0 aliphatic carbocycles. The molecule has 0 atom stereocenters. The van der Waals surface area contributed by atoms with Crippen LogP contribution in [0, 0.1) is 27.7 Å². The van der Waals surface area contributed by atoms with Gasteiger partial charge in [0.1, 0.15) is 5.76 Å². The SMILES string of the molecule is Cc1cc(-n2c(C)cc(C=CC(=O)N(C)Cc3ccccc3C)c2C)no1. The fourth-order valence-corrected chi connectivity index (χ4v) is 3.18. The molecule has 27 heavy (non-hydrogen) atoms. The van der Waals surface area contributed by atoms with Crippen molar-refractivity contribution in [2.24, 2.45) is 0 Å². The lowest BCUT2D eigenvalue weighted by molar-refractivity contribution is -0.125. The normalized spacial score (nSPS) is 11.3. The summed E-state index contributed by atoms with van der Waals surface area (Å²) in [7, 11) is 1.82. The molecule has 140 valence electrons. The summed E-state index contributed by atoms with van der Waals surface area (Å²) in [5, 5.41) is 4.09. The Balaban J connectivity index is 1.76. The fourth-order valence-electron chi connectivity index (χ4n) is 3.18. The van der Waals surface area contributed by atoms with E-state index in [0.717, 1.165) is 34.1 Å². The van der Waals surface area contributed by atoms with Crippen LogP contribution in [-0.2, 0) is 11.3 Å². The average molecular weight is 363 g/mol. The van der Waals surface area contributed by atoms with Gasteiger partial charge < -0.3 is 9.42 Å². The lowest BCUT2D eigenvalue weighted by Gasteiger charge is -2.16. The second kappa shape index (κ2) is 7.66. The number of hydrogen-bond acceptors (Lipinski definition) is 3. The highest BCUT2D eigenvalue weighted by atomic mass is 16.5. The minimum absolute atomic E-state index is 0.0275. The van der Waals surface area contributed by atoms with E-state index < -0.39 is 0 Å². The van der Waals surface area contributed by atoms with Crippen molar-refractivity contribution in [3.63, 3.8) is 0 Å². The molecule has 2 aromatic heterocycles. The predicted molar refractivity (Wildman–Crippen MR) is 107 cm³/mol. The standard InChI is InChI=1S/C22H25N3O2/c1-15-8-6-7-9-20(15)14-24(5)22(26)11-10-19-12-16(2)25(18(19)4)21-13-17(3)27-23-21/h6-13H,14H2,1-5H3. The van der Waals surface area contributed by atoms with Crippen LogP contribution in [0.4, 0.5) is 0 Å². The Morgan fingerprint density at radius 3 is 2.59 bits per heavy atom. The van der Waals surface area contributed by atoms with Gasteiger partial charge in [-0.15, -0.1) is 0 Å². The molecule has 0 fully saturated rings. The van der Waals surface area contributed by atoms with Gasteiger partial charge >= 0.3 is 0 Å². The van der Waals surface area contributed by atoms with Crippen LogP contribution in [0.3, 0.4) is 0 Å². The van der Waals surface area contributed by atoms with E-state index in [2.05, 4.69) is 24.2 Å². The van der Waals surface area contributed by atoms with Gasteiger partial charge in [-0.1, -0.05) is 29.4 Å². The van der Waals surface area contributed by atoms with Crippen molar-refractivity contribution in [2.45, 2.75) is 34.2 Å². The Morgan fingerprint density at radius 1 is 1.19 bits per heavy atom. The molecule has 0 spiro atoms. The van der Waals surface area contributed by atoms with Crippen LogP contribution in [0.25, 0.3) is 11.9 Å². The monoisotopic (exact) mass is 363 g/mol. The largest absolute Gasteiger partial charge is 0.360 e. The molecule has 0 saturated carbocycles. The molecule has 0 aliphatic rings. The van der Waals surface area contributed by atoms with E-state index in [1.54, 1.807) is 11.0 Å². The Hall–Kier alpha value is -3.08. The molecule has 3 aromatic rings. The van der Waals surface area contributed by atoms with Crippen LogP contribution >= 0.6 is 0 Å². The third kappa shape index (κ3) is 4.03. The molecule has 0 saturated heterocycles. The molecule has 0 unspecified atom stereocenters.